The highest BCUT2D eigenvalue weighted by atomic mass is 16.5. The second-order valence-electron chi connectivity index (χ2n) is 9.06. The fourth-order valence-corrected chi connectivity index (χ4v) is 4.64. The molecule has 3 fully saturated rings. The lowest BCUT2D eigenvalue weighted by atomic mass is 9.93. The fourth-order valence-electron chi connectivity index (χ4n) is 4.64. The van der Waals surface area contributed by atoms with E-state index in [9.17, 15) is 9.59 Å². The third kappa shape index (κ3) is 3.98. The molecule has 2 aliphatic heterocycles. The summed E-state index contributed by atoms with van der Waals surface area (Å²) in [5, 5.41) is 4.10. The van der Waals surface area contributed by atoms with Crippen molar-refractivity contribution in [1.82, 2.24) is 15.0 Å². The molecular formula is C23H28N4O3. The zero-order valence-corrected chi connectivity index (χ0v) is 17.4. The van der Waals surface area contributed by atoms with Crippen molar-refractivity contribution in [2.45, 2.75) is 51.4 Å². The first-order valence-corrected chi connectivity index (χ1v) is 11.0. The number of anilines is 1. The van der Waals surface area contributed by atoms with Gasteiger partial charge in [-0.2, -0.15) is 4.98 Å². The summed E-state index contributed by atoms with van der Waals surface area (Å²) in [7, 11) is 0. The Kier molecular flexibility index (Phi) is 5.05. The molecule has 1 saturated carbocycles. The van der Waals surface area contributed by atoms with E-state index in [1.54, 1.807) is 4.90 Å². The average molecular weight is 409 g/mol. The number of carbonyl (C=O) groups excluding carboxylic acids is 2. The van der Waals surface area contributed by atoms with E-state index in [2.05, 4.69) is 10.1 Å². The van der Waals surface area contributed by atoms with Crippen molar-refractivity contribution in [2.75, 3.05) is 24.5 Å². The molecule has 3 aliphatic rings. The molecule has 0 bridgehead atoms. The maximum Gasteiger partial charge on any atom is 0.228 e. The van der Waals surface area contributed by atoms with Crippen LogP contribution in [0.5, 0.6) is 0 Å². The summed E-state index contributed by atoms with van der Waals surface area (Å²) >= 11 is 0. The number of carbonyl (C=O) groups is 2. The molecule has 1 aromatic carbocycles. The van der Waals surface area contributed by atoms with Crippen LogP contribution < -0.4 is 4.90 Å². The molecule has 0 radical (unpaired) electrons. The number of benzene rings is 1. The number of likely N-dealkylation sites (tertiary alicyclic amines) is 1. The number of hydrogen-bond acceptors (Lipinski definition) is 5. The molecule has 0 spiro atoms. The Morgan fingerprint density at radius 1 is 1.17 bits per heavy atom. The molecule has 30 heavy (non-hydrogen) atoms. The summed E-state index contributed by atoms with van der Waals surface area (Å²) in [6.45, 7) is 3.96. The predicted molar refractivity (Wildman–Crippen MR) is 111 cm³/mol. The number of amides is 2. The van der Waals surface area contributed by atoms with Crippen molar-refractivity contribution in [2.24, 2.45) is 11.8 Å². The van der Waals surface area contributed by atoms with Crippen LogP contribution in [0, 0.1) is 18.8 Å². The number of piperidine rings is 1. The summed E-state index contributed by atoms with van der Waals surface area (Å²) in [5.41, 5.74) is 2.03. The first-order valence-electron chi connectivity index (χ1n) is 11.0. The van der Waals surface area contributed by atoms with Crippen molar-refractivity contribution < 1.29 is 14.1 Å². The van der Waals surface area contributed by atoms with Gasteiger partial charge in [0.1, 0.15) is 0 Å². The van der Waals surface area contributed by atoms with E-state index >= 15 is 0 Å². The van der Waals surface area contributed by atoms with Crippen molar-refractivity contribution in [1.29, 1.82) is 0 Å². The number of rotatable bonds is 5. The van der Waals surface area contributed by atoms with Gasteiger partial charge in [-0.25, -0.2) is 0 Å². The second kappa shape index (κ2) is 7.85. The standard InChI is InChI=1S/C23H28N4O3/c1-15-4-8-19(9-5-15)27-14-18(12-21(27)28)23(29)26-10-2-3-16(13-26)11-20-24-22(25-30-20)17-6-7-17/h4-5,8-9,16-18H,2-3,6-7,10-14H2,1H3. The van der Waals surface area contributed by atoms with Gasteiger partial charge >= 0.3 is 0 Å². The third-order valence-corrected chi connectivity index (χ3v) is 6.54. The van der Waals surface area contributed by atoms with E-state index in [4.69, 9.17) is 4.52 Å². The monoisotopic (exact) mass is 408 g/mol. The van der Waals surface area contributed by atoms with Gasteiger partial charge in [-0.05, 0) is 50.7 Å². The molecule has 2 atom stereocenters. The predicted octanol–water partition coefficient (Wildman–Crippen LogP) is 3.09. The van der Waals surface area contributed by atoms with Crippen molar-refractivity contribution >= 4 is 17.5 Å². The van der Waals surface area contributed by atoms with Gasteiger partial charge in [0.15, 0.2) is 5.82 Å². The van der Waals surface area contributed by atoms with E-state index in [0.717, 1.165) is 55.7 Å². The van der Waals surface area contributed by atoms with E-state index < -0.39 is 0 Å². The quantitative estimate of drug-likeness (QED) is 0.760. The molecule has 1 aromatic heterocycles. The van der Waals surface area contributed by atoms with E-state index in [1.807, 2.05) is 36.1 Å². The molecular weight excluding hydrogens is 380 g/mol. The molecule has 2 aromatic rings. The lowest BCUT2D eigenvalue weighted by molar-refractivity contribution is -0.137. The van der Waals surface area contributed by atoms with Gasteiger partial charge < -0.3 is 14.3 Å². The summed E-state index contributed by atoms with van der Waals surface area (Å²) in [4.78, 5) is 34.0. The highest BCUT2D eigenvalue weighted by molar-refractivity contribution is 6.00. The summed E-state index contributed by atoms with van der Waals surface area (Å²) in [6.07, 6.45) is 5.37. The minimum atomic E-state index is -0.262. The van der Waals surface area contributed by atoms with Gasteiger partial charge in [0, 0.05) is 44.1 Å². The first-order chi connectivity index (χ1) is 14.6. The van der Waals surface area contributed by atoms with Gasteiger partial charge in [-0.15, -0.1) is 0 Å². The molecule has 1 aliphatic carbocycles. The largest absolute Gasteiger partial charge is 0.342 e. The first kappa shape index (κ1) is 19.3. The highest BCUT2D eigenvalue weighted by Crippen LogP contribution is 2.38. The molecule has 2 amide bonds. The Bertz CT molecular complexity index is 934. The van der Waals surface area contributed by atoms with Crippen LogP contribution in [0.4, 0.5) is 5.69 Å². The summed E-state index contributed by atoms with van der Waals surface area (Å²) in [6, 6.07) is 7.91. The van der Waals surface area contributed by atoms with Crippen LogP contribution in [-0.4, -0.2) is 46.5 Å². The minimum Gasteiger partial charge on any atom is -0.342 e. The number of nitrogens with zero attached hydrogens (tertiary/aromatic N) is 4. The normalized spacial score (nSPS) is 24.5. The van der Waals surface area contributed by atoms with Gasteiger partial charge in [0.2, 0.25) is 17.7 Å². The lowest BCUT2D eigenvalue weighted by Gasteiger charge is -2.33. The van der Waals surface area contributed by atoms with Crippen LogP contribution in [0.3, 0.4) is 0 Å². The number of aryl methyl sites for hydroxylation is 1. The molecule has 7 heteroatoms. The van der Waals surface area contributed by atoms with Gasteiger partial charge in [0.25, 0.3) is 0 Å². The van der Waals surface area contributed by atoms with Crippen LogP contribution in [0.25, 0.3) is 0 Å². The molecule has 3 heterocycles. The van der Waals surface area contributed by atoms with Gasteiger partial charge in [-0.3, -0.25) is 9.59 Å². The zero-order valence-electron chi connectivity index (χ0n) is 17.4. The average Bonchev–Trinajstić information content (AvgIpc) is 3.38. The third-order valence-electron chi connectivity index (χ3n) is 6.54. The summed E-state index contributed by atoms with van der Waals surface area (Å²) < 4.78 is 5.43. The van der Waals surface area contributed by atoms with Gasteiger partial charge in [0.05, 0.1) is 5.92 Å². The van der Waals surface area contributed by atoms with Crippen LogP contribution in [-0.2, 0) is 16.0 Å². The molecule has 2 unspecified atom stereocenters. The molecule has 158 valence electrons. The molecule has 7 nitrogen and oxygen atoms in total. The molecule has 0 N–H and O–H groups in total. The van der Waals surface area contributed by atoms with E-state index in [-0.39, 0.29) is 17.7 Å². The Balaban J connectivity index is 1.20. The number of hydrogen-bond donors (Lipinski definition) is 0. The van der Waals surface area contributed by atoms with Crippen LogP contribution in [0.15, 0.2) is 28.8 Å². The highest BCUT2D eigenvalue weighted by Gasteiger charge is 2.38. The topological polar surface area (TPSA) is 79.5 Å². The Morgan fingerprint density at radius 3 is 2.73 bits per heavy atom. The summed E-state index contributed by atoms with van der Waals surface area (Å²) in [5.74, 6) is 2.23. The maximum atomic E-state index is 13.2. The van der Waals surface area contributed by atoms with Crippen LogP contribution >= 0.6 is 0 Å². The van der Waals surface area contributed by atoms with E-state index in [1.165, 1.54) is 0 Å². The SMILES string of the molecule is Cc1ccc(N2CC(C(=O)N3CCCC(Cc4nc(C5CC5)no4)C3)CC2=O)cc1. The fraction of sp³-hybridized carbons (Fsp3) is 0.565. The smallest absolute Gasteiger partial charge is 0.228 e. The maximum absolute atomic E-state index is 13.2. The molecule has 2 saturated heterocycles. The van der Waals surface area contributed by atoms with Crippen molar-refractivity contribution in [3.05, 3.63) is 41.5 Å². The zero-order chi connectivity index (χ0) is 20.7. The number of aromatic nitrogens is 2. The second-order valence-corrected chi connectivity index (χ2v) is 9.06. The Morgan fingerprint density at radius 2 is 1.97 bits per heavy atom. The lowest BCUT2D eigenvalue weighted by Crippen LogP contribution is -2.44. The molecule has 5 rings (SSSR count). The minimum absolute atomic E-state index is 0.0317. The Labute approximate surface area is 176 Å². The van der Waals surface area contributed by atoms with Crippen molar-refractivity contribution in [3.63, 3.8) is 0 Å². The Hall–Kier alpha value is -2.70. The van der Waals surface area contributed by atoms with Crippen LogP contribution in [0.1, 0.15) is 55.3 Å². The van der Waals surface area contributed by atoms with E-state index in [0.29, 0.717) is 37.2 Å². The van der Waals surface area contributed by atoms with Crippen molar-refractivity contribution in [3.8, 4) is 0 Å². The van der Waals surface area contributed by atoms with Gasteiger partial charge in [-0.1, -0.05) is 22.9 Å². The van der Waals surface area contributed by atoms with Crippen LogP contribution in [0.2, 0.25) is 0 Å².